The lowest BCUT2D eigenvalue weighted by Gasteiger charge is -2.39. The number of fused-ring (bicyclic) bond motifs is 1. The predicted octanol–water partition coefficient (Wildman–Crippen LogP) is 3.61. The fraction of sp³-hybridized carbons (Fsp3) is 0.500. The van der Waals surface area contributed by atoms with E-state index in [0.29, 0.717) is 17.7 Å². The maximum atomic E-state index is 13.3. The van der Waals surface area contributed by atoms with Gasteiger partial charge in [-0.15, -0.1) is 10.2 Å². The number of nitriles is 1. The molecule has 2 atom stereocenters. The van der Waals surface area contributed by atoms with Gasteiger partial charge < -0.3 is 14.6 Å². The van der Waals surface area contributed by atoms with Crippen LogP contribution in [0.25, 0.3) is 11.5 Å². The molecule has 2 aromatic rings. The van der Waals surface area contributed by atoms with Crippen molar-refractivity contribution in [2.75, 3.05) is 0 Å². The summed E-state index contributed by atoms with van der Waals surface area (Å²) in [6, 6.07) is 6.56. The second-order valence-electron chi connectivity index (χ2n) is 8.72. The Bertz CT molecular complexity index is 1090. The maximum absolute atomic E-state index is 13.3. The Morgan fingerprint density at radius 3 is 2.75 bits per heavy atom. The van der Waals surface area contributed by atoms with Crippen LogP contribution in [-0.2, 0) is 11.3 Å². The van der Waals surface area contributed by atoms with Crippen LogP contribution in [0.15, 0.2) is 22.6 Å². The molecule has 1 saturated carbocycles. The van der Waals surface area contributed by atoms with E-state index >= 15 is 0 Å². The molecule has 168 valence electrons. The number of hydrogen-bond acceptors (Lipinski definition) is 6. The van der Waals surface area contributed by atoms with Crippen LogP contribution >= 0.6 is 0 Å². The molecule has 4 rings (SSSR count). The number of carbonyl (C=O) groups is 2. The van der Waals surface area contributed by atoms with Gasteiger partial charge in [-0.2, -0.15) is 14.0 Å². The summed E-state index contributed by atoms with van der Waals surface area (Å²) in [4.78, 5) is 27.6. The van der Waals surface area contributed by atoms with Crippen molar-refractivity contribution in [3.63, 3.8) is 0 Å². The Morgan fingerprint density at radius 1 is 1.31 bits per heavy atom. The number of nitrogens with one attached hydrogen (secondary N) is 1. The maximum Gasteiger partial charge on any atom is 0.314 e. The lowest BCUT2D eigenvalue weighted by molar-refractivity contribution is -0.128. The van der Waals surface area contributed by atoms with E-state index in [4.69, 9.17) is 4.42 Å². The average molecular weight is 443 g/mol. The summed E-state index contributed by atoms with van der Waals surface area (Å²) in [5.41, 5.74) is 0.492. The van der Waals surface area contributed by atoms with Crippen LogP contribution in [-0.4, -0.2) is 39.0 Å². The van der Waals surface area contributed by atoms with Crippen LogP contribution in [0.2, 0.25) is 0 Å². The molecule has 0 radical (unpaired) electrons. The molecule has 1 N–H and O–H groups in total. The van der Waals surface area contributed by atoms with Crippen LogP contribution in [0.5, 0.6) is 0 Å². The molecule has 1 aromatic heterocycles. The molecule has 1 aromatic carbocycles. The van der Waals surface area contributed by atoms with Crippen molar-refractivity contribution < 1.29 is 22.8 Å². The molecule has 2 heterocycles. The normalized spacial score (nSPS) is 20.9. The van der Waals surface area contributed by atoms with Crippen LogP contribution in [0.3, 0.4) is 0 Å². The number of carbonyl (C=O) groups excluding carboxylic acids is 2. The van der Waals surface area contributed by atoms with E-state index < -0.39 is 17.7 Å². The number of amides is 2. The number of alkyl halides is 2. The summed E-state index contributed by atoms with van der Waals surface area (Å²) < 4.78 is 30.5. The highest BCUT2D eigenvalue weighted by Gasteiger charge is 2.40. The average Bonchev–Trinajstić information content (AvgIpc) is 3.39. The first kappa shape index (κ1) is 21.9. The number of benzene rings is 1. The molecule has 2 aliphatic rings. The third-order valence-corrected chi connectivity index (χ3v) is 6.11. The minimum Gasteiger partial charge on any atom is -0.415 e. The second-order valence-corrected chi connectivity index (χ2v) is 8.72. The summed E-state index contributed by atoms with van der Waals surface area (Å²) in [6.45, 7) is 3.52. The van der Waals surface area contributed by atoms with E-state index in [1.54, 1.807) is 36.9 Å². The monoisotopic (exact) mass is 443 g/mol. The van der Waals surface area contributed by atoms with Crippen molar-refractivity contribution in [3.05, 3.63) is 35.2 Å². The van der Waals surface area contributed by atoms with Crippen molar-refractivity contribution in [2.45, 2.75) is 64.6 Å². The minimum absolute atomic E-state index is 0.0732. The molecule has 2 amide bonds. The number of rotatable bonds is 5. The minimum atomic E-state index is -2.87. The van der Waals surface area contributed by atoms with E-state index in [1.807, 2.05) is 6.07 Å². The largest absolute Gasteiger partial charge is 0.415 e. The predicted molar refractivity (Wildman–Crippen MR) is 108 cm³/mol. The van der Waals surface area contributed by atoms with E-state index in [1.165, 1.54) is 0 Å². The van der Waals surface area contributed by atoms with Gasteiger partial charge in [-0.3, -0.25) is 9.59 Å². The van der Waals surface area contributed by atoms with Crippen molar-refractivity contribution >= 4 is 11.8 Å². The zero-order valence-corrected chi connectivity index (χ0v) is 17.8. The molecule has 1 aliphatic carbocycles. The Labute approximate surface area is 183 Å². The quantitative estimate of drug-likeness (QED) is 0.756. The van der Waals surface area contributed by atoms with Gasteiger partial charge in [-0.1, -0.05) is 18.9 Å². The Balaban J connectivity index is 1.55. The van der Waals surface area contributed by atoms with E-state index in [2.05, 4.69) is 15.5 Å². The van der Waals surface area contributed by atoms with Gasteiger partial charge in [-0.25, -0.2) is 0 Å². The summed E-state index contributed by atoms with van der Waals surface area (Å²) in [5.74, 6) is -1.39. The van der Waals surface area contributed by atoms with Gasteiger partial charge in [0.1, 0.15) is 5.41 Å². The molecule has 8 nitrogen and oxygen atoms in total. The van der Waals surface area contributed by atoms with Crippen LogP contribution < -0.4 is 5.32 Å². The fourth-order valence-corrected chi connectivity index (χ4v) is 4.22. The van der Waals surface area contributed by atoms with Crippen molar-refractivity contribution in [1.29, 1.82) is 5.26 Å². The summed E-state index contributed by atoms with van der Waals surface area (Å²) >= 11 is 0. The number of aromatic nitrogens is 2. The number of nitrogens with zero attached hydrogens (tertiary/aromatic N) is 4. The van der Waals surface area contributed by atoms with Crippen LogP contribution in [0.4, 0.5) is 8.78 Å². The van der Waals surface area contributed by atoms with Gasteiger partial charge in [0, 0.05) is 23.7 Å². The van der Waals surface area contributed by atoms with Gasteiger partial charge in [0.05, 0.1) is 12.1 Å². The highest BCUT2D eigenvalue weighted by molar-refractivity contribution is 5.99. The zero-order valence-electron chi connectivity index (χ0n) is 17.8. The molecule has 1 aliphatic heterocycles. The standard InChI is InChI=1S/C22H23F2N5O3/c1-22(2,11-25)21(31)26-15-5-3-4-6-16(15)29-10-13-8-7-12(9-14(13)20(29)30)18-27-28-19(32-18)17(23)24/h7-9,15-17H,3-6,10H2,1-2H3,(H,26,31)/t15-,16-/m1/s1. The Hall–Kier alpha value is -3.35. The Kier molecular flexibility index (Phi) is 5.67. The first-order valence-electron chi connectivity index (χ1n) is 10.5. The van der Waals surface area contributed by atoms with E-state index in [0.717, 1.165) is 31.2 Å². The van der Waals surface area contributed by atoms with Gasteiger partial charge in [0.2, 0.25) is 11.8 Å². The highest BCUT2D eigenvalue weighted by Crippen LogP contribution is 2.34. The topological polar surface area (TPSA) is 112 Å². The third kappa shape index (κ3) is 3.95. The number of hydrogen-bond donors (Lipinski definition) is 1. The molecule has 0 saturated heterocycles. The van der Waals surface area contributed by atoms with E-state index in [-0.39, 0.29) is 29.8 Å². The van der Waals surface area contributed by atoms with Gasteiger partial charge >= 0.3 is 6.43 Å². The SMILES string of the molecule is CC(C)(C#N)C(=O)N[C@@H]1CCCC[C@H]1N1Cc2ccc(-c3nnc(C(F)F)o3)cc2C1=O. The molecule has 32 heavy (non-hydrogen) atoms. The molecule has 0 bridgehead atoms. The lowest BCUT2D eigenvalue weighted by atomic mass is 9.87. The molecule has 10 heteroatoms. The van der Waals surface area contributed by atoms with Crippen LogP contribution in [0.1, 0.15) is 67.8 Å². The zero-order chi connectivity index (χ0) is 23.0. The first-order chi connectivity index (χ1) is 15.2. The summed E-state index contributed by atoms with van der Waals surface area (Å²) in [6.07, 6.45) is 0.458. The number of halogens is 2. The second kappa shape index (κ2) is 8.30. The van der Waals surface area contributed by atoms with Crippen molar-refractivity contribution in [1.82, 2.24) is 20.4 Å². The molecular weight excluding hydrogens is 420 g/mol. The first-order valence-corrected chi connectivity index (χ1v) is 10.5. The Morgan fingerprint density at radius 2 is 2.06 bits per heavy atom. The van der Waals surface area contributed by atoms with Gasteiger partial charge in [-0.05, 0) is 44.4 Å². The summed E-state index contributed by atoms with van der Waals surface area (Å²) in [7, 11) is 0. The van der Waals surface area contributed by atoms with E-state index in [9.17, 15) is 23.6 Å². The smallest absolute Gasteiger partial charge is 0.314 e. The van der Waals surface area contributed by atoms with Gasteiger partial charge in [0.25, 0.3) is 11.8 Å². The fourth-order valence-electron chi connectivity index (χ4n) is 4.22. The summed E-state index contributed by atoms with van der Waals surface area (Å²) in [5, 5.41) is 19.2. The van der Waals surface area contributed by atoms with Gasteiger partial charge in [0.15, 0.2) is 0 Å². The molecule has 0 unspecified atom stereocenters. The van der Waals surface area contributed by atoms with Crippen molar-refractivity contribution in [3.8, 4) is 17.5 Å². The lowest BCUT2D eigenvalue weighted by Crippen LogP contribution is -2.55. The highest BCUT2D eigenvalue weighted by atomic mass is 19.3. The molecule has 1 fully saturated rings. The van der Waals surface area contributed by atoms with Crippen LogP contribution in [0, 0.1) is 16.7 Å². The third-order valence-electron chi connectivity index (χ3n) is 6.11. The van der Waals surface area contributed by atoms with Crippen molar-refractivity contribution in [2.24, 2.45) is 5.41 Å². The molecule has 0 spiro atoms. The molecular formula is C22H23F2N5O3.